The summed E-state index contributed by atoms with van der Waals surface area (Å²) in [6, 6.07) is 5.07. The van der Waals surface area contributed by atoms with Gasteiger partial charge in [-0.25, -0.2) is 4.79 Å². The summed E-state index contributed by atoms with van der Waals surface area (Å²) < 4.78 is 16.2. The highest BCUT2D eigenvalue weighted by atomic mass is 16.6. The molecule has 3 heterocycles. The standard InChI is InChI=1S/C22H24N2O6/c1-3-28-22(27)24-8-6-23(7-9-24)13-16-17(25)11-14(2)19-20(26)18(30-21(16)19)12-15-5-4-10-29-15/h4-5,10-12,25H,3,6-9,13H2,1-2H3/b18-12+. The molecule has 2 aliphatic heterocycles. The second-order valence-corrected chi connectivity index (χ2v) is 7.31. The van der Waals surface area contributed by atoms with Gasteiger partial charge >= 0.3 is 6.09 Å². The second kappa shape index (κ2) is 8.23. The molecule has 0 saturated carbocycles. The van der Waals surface area contributed by atoms with Crippen molar-refractivity contribution in [2.45, 2.75) is 20.4 Å². The van der Waals surface area contributed by atoms with Gasteiger partial charge in [0.25, 0.3) is 0 Å². The Balaban J connectivity index is 1.54. The van der Waals surface area contributed by atoms with Gasteiger partial charge in [-0.2, -0.15) is 0 Å². The molecule has 1 aromatic carbocycles. The van der Waals surface area contributed by atoms with Crippen LogP contribution in [0.1, 0.15) is 34.2 Å². The Morgan fingerprint density at radius 2 is 2.07 bits per heavy atom. The minimum atomic E-state index is -0.308. The maximum absolute atomic E-state index is 12.9. The quantitative estimate of drug-likeness (QED) is 0.771. The van der Waals surface area contributed by atoms with Gasteiger partial charge in [0.1, 0.15) is 17.3 Å². The molecule has 4 rings (SSSR count). The Hall–Kier alpha value is -3.26. The van der Waals surface area contributed by atoms with Crippen molar-refractivity contribution >= 4 is 18.0 Å². The van der Waals surface area contributed by atoms with E-state index in [-0.39, 0.29) is 23.4 Å². The number of hydrogen-bond acceptors (Lipinski definition) is 7. The highest BCUT2D eigenvalue weighted by molar-refractivity contribution is 6.15. The number of ketones is 1. The molecular weight excluding hydrogens is 388 g/mol. The zero-order valence-electron chi connectivity index (χ0n) is 17.0. The van der Waals surface area contributed by atoms with Gasteiger partial charge in [-0.15, -0.1) is 0 Å². The molecule has 0 bridgehead atoms. The smallest absolute Gasteiger partial charge is 0.409 e. The van der Waals surface area contributed by atoms with E-state index >= 15 is 0 Å². The number of carbonyl (C=O) groups is 2. The minimum Gasteiger partial charge on any atom is -0.507 e. The molecule has 1 saturated heterocycles. The van der Waals surface area contributed by atoms with Crippen LogP contribution < -0.4 is 4.74 Å². The summed E-state index contributed by atoms with van der Waals surface area (Å²) in [4.78, 5) is 28.6. The molecule has 2 aromatic rings. The molecule has 0 unspecified atom stereocenters. The first kappa shape index (κ1) is 20.0. The first-order valence-corrected chi connectivity index (χ1v) is 9.95. The number of fused-ring (bicyclic) bond motifs is 1. The van der Waals surface area contributed by atoms with E-state index in [1.54, 1.807) is 43.0 Å². The number of benzene rings is 1. The highest BCUT2D eigenvalue weighted by Crippen LogP contribution is 2.42. The summed E-state index contributed by atoms with van der Waals surface area (Å²) in [5, 5.41) is 10.6. The van der Waals surface area contributed by atoms with Crippen LogP contribution in [0.3, 0.4) is 0 Å². The topological polar surface area (TPSA) is 92.5 Å². The van der Waals surface area contributed by atoms with Crippen LogP contribution in [0.5, 0.6) is 11.5 Å². The molecule has 158 valence electrons. The number of carbonyl (C=O) groups excluding carboxylic acids is 2. The first-order chi connectivity index (χ1) is 14.5. The number of Topliss-reactive ketones (excluding diaryl/α,β-unsaturated/α-hetero) is 1. The monoisotopic (exact) mass is 412 g/mol. The molecule has 1 fully saturated rings. The van der Waals surface area contributed by atoms with E-state index < -0.39 is 0 Å². The van der Waals surface area contributed by atoms with E-state index in [9.17, 15) is 14.7 Å². The minimum absolute atomic E-state index is 0.0890. The molecule has 30 heavy (non-hydrogen) atoms. The number of ether oxygens (including phenoxy) is 2. The molecular formula is C22H24N2O6. The molecule has 0 atom stereocenters. The predicted octanol–water partition coefficient (Wildman–Crippen LogP) is 3.18. The Morgan fingerprint density at radius 1 is 1.30 bits per heavy atom. The number of allylic oxidation sites excluding steroid dienone is 1. The third kappa shape index (κ3) is 3.78. The summed E-state index contributed by atoms with van der Waals surface area (Å²) >= 11 is 0. The number of amides is 1. The molecule has 1 amide bonds. The lowest BCUT2D eigenvalue weighted by Crippen LogP contribution is -2.48. The van der Waals surface area contributed by atoms with Crippen LogP contribution in [0.25, 0.3) is 6.08 Å². The molecule has 0 spiro atoms. The molecule has 1 N–H and O–H groups in total. The largest absolute Gasteiger partial charge is 0.507 e. The van der Waals surface area contributed by atoms with E-state index in [1.165, 1.54) is 6.26 Å². The van der Waals surface area contributed by atoms with Crippen molar-refractivity contribution in [2.75, 3.05) is 32.8 Å². The Bertz CT molecular complexity index is 988. The van der Waals surface area contributed by atoms with E-state index in [2.05, 4.69) is 4.90 Å². The van der Waals surface area contributed by atoms with E-state index in [0.29, 0.717) is 67.5 Å². The van der Waals surface area contributed by atoms with Crippen molar-refractivity contribution in [3.63, 3.8) is 0 Å². The fourth-order valence-corrected chi connectivity index (χ4v) is 3.76. The van der Waals surface area contributed by atoms with Gasteiger partial charge in [0, 0.05) is 38.8 Å². The van der Waals surface area contributed by atoms with Crippen LogP contribution in [-0.4, -0.2) is 59.6 Å². The van der Waals surface area contributed by atoms with Crippen molar-refractivity contribution in [3.05, 3.63) is 52.7 Å². The SMILES string of the molecule is CCOC(=O)N1CCN(Cc2c(O)cc(C)c3c2O/C(=C/c2ccco2)C3=O)CC1. The lowest BCUT2D eigenvalue weighted by molar-refractivity contribution is 0.0774. The van der Waals surface area contributed by atoms with Crippen molar-refractivity contribution in [1.29, 1.82) is 0 Å². The molecule has 0 radical (unpaired) electrons. The highest BCUT2D eigenvalue weighted by Gasteiger charge is 2.34. The summed E-state index contributed by atoms with van der Waals surface area (Å²) in [7, 11) is 0. The number of nitrogens with zero attached hydrogens (tertiary/aromatic N) is 2. The summed E-state index contributed by atoms with van der Waals surface area (Å²) in [5.74, 6) is 0.938. The number of hydrogen-bond donors (Lipinski definition) is 1. The molecule has 2 aliphatic rings. The number of phenolic OH excluding ortho intramolecular Hbond substituents is 1. The maximum Gasteiger partial charge on any atom is 0.409 e. The summed E-state index contributed by atoms with van der Waals surface area (Å²) in [5.41, 5.74) is 1.69. The van der Waals surface area contributed by atoms with Gasteiger partial charge < -0.3 is 23.9 Å². The van der Waals surface area contributed by atoms with Gasteiger partial charge in [-0.05, 0) is 37.6 Å². The van der Waals surface area contributed by atoms with Crippen molar-refractivity contribution in [2.24, 2.45) is 0 Å². The molecule has 0 aliphatic carbocycles. The third-order valence-electron chi connectivity index (χ3n) is 5.32. The molecule has 8 heteroatoms. The average Bonchev–Trinajstić information content (AvgIpc) is 3.34. The lowest BCUT2D eigenvalue weighted by atomic mass is 9.99. The van der Waals surface area contributed by atoms with Gasteiger partial charge in [-0.1, -0.05) is 0 Å². The molecule has 1 aromatic heterocycles. The Morgan fingerprint density at radius 3 is 2.73 bits per heavy atom. The Labute approximate surface area is 174 Å². The molecule has 8 nitrogen and oxygen atoms in total. The number of aryl methyl sites for hydroxylation is 1. The zero-order valence-corrected chi connectivity index (χ0v) is 17.0. The van der Waals surface area contributed by atoms with Crippen LogP contribution in [0.15, 0.2) is 34.6 Å². The van der Waals surface area contributed by atoms with E-state index in [0.717, 1.165) is 0 Å². The Kier molecular flexibility index (Phi) is 5.50. The number of phenols is 1. The van der Waals surface area contributed by atoms with E-state index in [1.807, 2.05) is 0 Å². The maximum atomic E-state index is 12.9. The fourth-order valence-electron chi connectivity index (χ4n) is 3.76. The van der Waals surface area contributed by atoms with Crippen LogP contribution in [0.2, 0.25) is 0 Å². The van der Waals surface area contributed by atoms with E-state index in [4.69, 9.17) is 13.9 Å². The van der Waals surface area contributed by atoms with Gasteiger partial charge in [0.15, 0.2) is 5.76 Å². The van der Waals surface area contributed by atoms with Gasteiger partial charge in [0.05, 0.1) is 24.0 Å². The first-order valence-electron chi connectivity index (χ1n) is 9.95. The number of furan rings is 1. The predicted molar refractivity (Wildman–Crippen MR) is 108 cm³/mol. The normalized spacial score (nSPS) is 17.9. The summed E-state index contributed by atoms with van der Waals surface area (Å²) in [6.07, 6.45) is 2.77. The zero-order chi connectivity index (χ0) is 21.3. The van der Waals surface area contributed by atoms with Crippen molar-refractivity contribution < 1.29 is 28.6 Å². The third-order valence-corrected chi connectivity index (χ3v) is 5.32. The van der Waals surface area contributed by atoms with Crippen LogP contribution >= 0.6 is 0 Å². The van der Waals surface area contributed by atoms with Crippen LogP contribution in [0, 0.1) is 6.92 Å². The number of rotatable bonds is 4. The van der Waals surface area contributed by atoms with Gasteiger partial charge in [-0.3, -0.25) is 9.69 Å². The van der Waals surface area contributed by atoms with Gasteiger partial charge in [0.2, 0.25) is 5.78 Å². The number of piperazine rings is 1. The van der Waals surface area contributed by atoms with Crippen LogP contribution in [-0.2, 0) is 11.3 Å². The second-order valence-electron chi connectivity index (χ2n) is 7.31. The van der Waals surface area contributed by atoms with Crippen molar-refractivity contribution in [1.82, 2.24) is 9.80 Å². The summed E-state index contributed by atoms with van der Waals surface area (Å²) in [6.45, 7) is 6.65. The lowest BCUT2D eigenvalue weighted by Gasteiger charge is -2.34. The number of aromatic hydroxyl groups is 1. The van der Waals surface area contributed by atoms with Crippen LogP contribution in [0.4, 0.5) is 4.79 Å². The fraction of sp³-hybridized carbons (Fsp3) is 0.364. The van der Waals surface area contributed by atoms with Crippen molar-refractivity contribution in [3.8, 4) is 11.5 Å². The average molecular weight is 412 g/mol.